The zero-order valence-corrected chi connectivity index (χ0v) is 24.4. The molecular weight excluding hydrogens is 548 g/mol. The Balaban J connectivity index is 0.000000238. The number of rotatable bonds is 7. The topological polar surface area (TPSA) is 68.9 Å². The van der Waals surface area contributed by atoms with E-state index in [9.17, 15) is 4.79 Å². The molecule has 0 aliphatic heterocycles. The third-order valence-corrected chi connectivity index (χ3v) is 7.58. The molecule has 7 rings (SSSR count). The van der Waals surface area contributed by atoms with E-state index in [1.165, 1.54) is 22.2 Å². The van der Waals surface area contributed by atoms with Gasteiger partial charge >= 0.3 is 5.63 Å². The molecule has 0 aliphatic rings. The molecule has 44 heavy (non-hydrogen) atoms. The average Bonchev–Trinajstić information content (AvgIpc) is 3.06. The first-order valence-electron chi connectivity index (χ1n) is 14.5. The van der Waals surface area contributed by atoms with Crippen LogP contribution in [-0.4, -0.2) is 5.11 Å². The summed E-state index contributed by atoms with van der Waals surface area (Å²) in [6.45, 7) is 2.93. The maximum Gasteiger partial charge on any atom is 0.336 e. The number of ether oxygens (including phenoxy) is 2. The van der Waals surface area contributed by atoms with Crippen molar-refractivity contribution in [2.75, 3.05) is 0 Å². The van der Waals surface area contributed by atoms with Gasteiger partial charge in [0.1, 0.15) is 30.3 Å². The molecule has 7 aromatic rings. The number of hydrogen-bond donors (Lipinski definition) is 1. The quantitative estimate of drug-likeness (QED) is 0.191. The minimum atomic E-state index is -0.355. The van der Waals surface area contributed by atoms with Gasteiger partial charge in [0.25, 0.3) is 0 Å². The SMILES string of the molecule is Cc1cc(=O)oc2cc(OCc3ccc(OCc4cccc5ccccc45)cc3)ccc12.OCc1cccc2ccccc12. The molecule has 6 aromatic carbocycles. The predicted octanol–water partition coefficient (Wildman–Crippen LogP) is 8.74. The normalized spacial score (nSPS) is 10.9. The number of aryl methyl sites for hydroxylation is 1. The van der Waals surface area contributed by atoms with E-state index in [-0.39, 0.29) is 12.2 Å². The molecule has 0 saturated carbocycles. The van der Waals surface area contributed by atoms with Crippen molar-refractivity contribution >= 4 is 32.5 Å². The van der Waals surface area contributed by atoms with Gasteiger partial charge in [-0.2, -0.15) is 0 Å². The minimum absolute atomic E-state index is 0.112. The molecule has 1 aromatic heterocycles. The third-order valence-electron chi connectivity index (χ3n) is 7.58. The van der Waals surface area contributed by atoms with Gasteiger partial charge in [0.2, 0.25) is 0 Å². The monoisotopic (exact) mass is 580 g/mol. The number of aliphatic hydroxyl groups is 1. The van der Waals surface area contributed by atoms with E-state index in [2.05, 4.69) is 42.5 Å². The molecule has 0 fully saturated rings. The van der Waals surface area contributed by atoms with Crippen LogP contribution in [0.2, 0.25) is 0 Å². The van der Waals surface area contributed by atoms with Gasteiger partial charge in [0.15, 0.2) is 0 Å². The van der Waals surface area contributed by atoms with Crippen LogP contribution in [0.4, 0.5) is 0 Å². The van der Waals surface area contributed by atoms with Crippen molar-refractivity contribution in [1.82, 2.24) is 0 Å². The van der Waals surface area contributed by atoms with Crippen molar-refractivity contribution in [3.8, 4) is 11.5 Å². The fourth-order valence-corrected chi connectivity index (χ4v) is 5.25. The molecule has 0 atom stereocenters. The summed E-state index contributed by atoms with van der Waals surface area (Å²) in [7, 11) is 0. The van der Waals surface area contributed by atoms with Crippen LogP contribution in [-0.2, 0) is 19.8 Å². The van der Waals surface area contributed by atoms with Crippen molar-refractivity contribution in [3.05, 3.63) is 166 Å². The van der Waals surface area contributed by atoms with Crippen LogP contribution in [0.5, 0.6) is 11.5 Å². The van der Waals surface area contributed by atoms with E-state index in [0.717, 1.165) is 38.8 Å². The molecule has 0 aliphatic carbocycles. The molecule has 1 heterocycles. The van der Waals surface area contributed by atoms with Crippen LogP contribution in [0.1, 0.15) is 22.3 Å². The van der Waals surface area contributed by atoms with Gasteiger partial charge in [-0.3, -0.25) is 0 Å². The van der Waals surface area contributed by atoms with Gasteiger partial charge in [0, 0.05) is 17.5 Å². The lowest BCUT2D eigenvalue weighted by atomic mass is 10.1. The lowest BCUT2D eigenvalue weighted by Gasteiger charge is -2.11. The van der Waals surface area contributed by atoms with E-state index >= 15 is 0 Å². The Hall–Kier alpha value is -5.39. The molecule has 5 nitrogen and oxygen atoms in total. The third kappa shape index (κ3) is 6.64. The van der Waals surface area contributed by atoms with Crippen molar-refractivity contribution in [2.45, 2.75) is 26.7 Å². The Morgan fingerprint density at radius 3 is 1.89 bits per heavy atom. The molecule has 0 saturated heterocycles. The van der Waals surface area contributed by atoms with Crippen LogP contribution >= 0.6 is 0 Å². The summed E-state index contributed by atoms with van der Waals surface area (Å²) >= 11 is 0. The second kappa shape index (κ2) is 13.3. The Morgan fingerprint density at radius 2 is 1.18 bits per heavy atom. The summed E-state index contributed by atoms with van der Waals surface area (Å²) in [5.74, 6) is 1.46. The van der Waals surface area contributed by atoms with Gasteiger partial charge in [-0.05, 0) is 75.0 Å². The Bertz CT molecular complexity index is 2080. The van der Waals surface area contributed by atoms with E-state index in [1.807, 2.05) is 85.8 Å². The molecule has 0 spiro atoms. The van der Waals surface area contributed by atoms with Crippen LogP contribution in [0.25, 0.3) is 32.5 Å². The van der Waals surface area contributed by atoms with E-state index < -0.39 is 0 Å². The first-order chi connectivity index (χ1) is 21.6. The molecule has 0 radical (unpaired) electrons. The highest BCUT2D eigenvalue weighted by Crippen LogP contribution is 2.24. The lowest BCUT2D eigenvalue weighted by molar-refractivity contribution is 0.283. The summed E-state index contributed by atoms with van der Waals surface area (Å²) < 4.78 is 17.2. The average molecular weight is 581 g/mol. The molecular formula is C39H32O5. The first-order valence-corrected chi connectivity index (χ1v) is 14.5. The van der Waals surface area contributed by atoms with E-state index in [1.54, 1.807) is 6.07 Å². The highest BCUT2D eigenvalue weighted by Gasteiger charge is 2.06. The van der Waals surface area contributed by atoms with Crippen LogP contribution < -0.4 is 15.1 Å². The molecule has 218 valence electrons. The first kappa shape index (κ1) is 28.7. The number of aliphatic hydroxyl groups excluding tert-OH is 1. The summed E-state index contributed by atoms with van der Waals surface area (Å²) in [4.78, 5) is 11.6. The zero-order chi connectivity index (χ0) is 30.3. The highest BCUT2D eigenvalue weighted by molar-refractivity contribution is 5.86. The van der Waals surface area contributed by atoms with Crippen molar-refractivity contribution in [1.29, 1.82) is 0 Å². The van der Waals surface area contributed by atoms with Crippen molar-refractivity contribution in [3.63, 3.8) is 0 Å². The van der Waals surface area contributed by atoms with Gasteiger partial charge in [-0.1, -0.05) is 97.1 Å². The van der Waals surface area contributed by atoms with Crippen LogP contribution in [0, 0.1) is 6.92 Å². The van der Waals surface area contributed by atoms with E-state index in [4.69, 9.17) is 19.0 Å². The van der Waals surface area contributed by atoms with Gasteiger partial charge in [-0.25, -0.2) is 4.79 Å². The van der Waals surface area contributed by atoms with Crippen molar-refractivity contribution < 1.29 is 19.0 Å². The minimum Gasteiger partial charge on any atom is -0.489 e. The summed E-state index contributed by atoms with van der Waals surface area (Å²) in [5, 5.41) is 14.7. The second-order valence-corrected chi connectivity index (χ2v) is 10.6. The number of fused-ring (bicyclic) bond motifs is 3. The maximum absolute atomic E-state index is 11.6. The van der Waals surface area contributed by atoms with Gasteiger partial charge in [0.05, 0.1) is 6.61 Å². The van der Waals surface area contributed by atoms with Gasteiger partial charge < -0.3 is 19.0 Å². The number of benzene rings is 6. The lowest BCUT2D eigenvalue weighted by Crippen LogP contribution is -1.99. The number of hydrogen-bond acceptors (Lipinski definition) is 5. The fourth-order valence-electron chi connectivity index (χ4n) is 5.25. The largest absolute Gasteiger partial charge is 0.489 e. The van der Waals surface area contributed by atoms with Crippen LogP contribution in [0.3, 0.4) is 0 Å². The zero-order valence-electron chi connectivity index (χ0n) is 24.4. The molecule has 0 amide bonds. The predicted molar refractivity (Wildman–Crippen MR) is 176 cm³/mol. The summed E-state index contributed by atoms with van der Waals surface area (Å²) in [6, 6.07) is 43.5. The molecule has 5 heteroatoms. The summed E-state index contributed by atoms with van der Waals surface area (Å²) in [5.41, 5.74) is 4.24. The van der Waals surface area contributed by atoms with Crippen LogP contribution in [0.15, 0.2) is 143 Å². The standard InChI is InChI=1S/C28H22O4.C11H10O/c1-19-15-28(29)32-27-16-24(13-14-25(19)27)30-17-20-9-11-23(12-10-20)31-18-22-7-4-6-21-5-2-3-8-26(21)22;12-8-10-6-3-5-9-4-1-2-7-11(9)10/h2-16H,17-18H2,1H3;1-7,12H,8H2. The maximum atomic E-state index is 11.6. The Morgan fingerprint density at radius 1 is 0.591 bits per heavy atom. The highest BCUT2D eigenvalue weighted by atomic mass is 16.5. The van der Waals surface area contributed by atoms with Gasteiger partial charge in [-0.15, -0.1) is 0 Å². The second-order valence-electron chi connectivity index (χ2n) is 10.6. The fraction of sp³-hybridized carbons (Fsp3) is 0.103. The Labute approximate surface area is 255 Å². The summed E-state index contributed by atoms with van der Waals surface area (Å²) in [6.07, 6.45) is 0. The Kier molecular flexibility index (Phi) is 8.67. The molecule has 0 bridgehead atoms. The molecule has 0 unspecified atom stereocenters. The van der Waals surface area contributed by atoms with Crippen molar-refractivity contribution in [2.24, 2.45) is 0 Å². The molecule has 1 N–H and O–H groups in total. The smallest absolute Gasteiger partial charge is 0.336 e. The van der Waals surface area contributed by atoms with E-state index in [0.29, 0.717) is 24.5 Å².